The maximum absolute atomic E-state index is 7.87. The lowest BCUT2D eigenvalue weighted by molar-refractivity contribution is 0.797. The fraction of sp³-hybridized carbons (Fsp3) is 0.111. The van der Waals surface area contributed by atoms with Gasteiger partial charge in [-0.1, -0.05) is 23.3 Å². The van der Waals surface area contributed by atoms with Crippen LogP contribution in [-0.2, 0) is 0 Å². The SMILES string of the molecule is [2H]c1c([2H])c([2H])c(C([2H])([2H])[2H])c(-n2nnc(Br)c2[2H])c1[2H]. The van der Waals surface area contributed by atoms with Gasteiger partial charge in [-0.3, -0.25) is 0 Å². The normalized spacial score (nSPS) is 20.1. The molecule has 0 atom stereocenters. The second-order valence-corrected chi connectivity index (χ2v) is 2.88. The minimum Gasteiger partial charge on any atom is -0.219 e. The van der Waals surface area contributed by atoms with Crippen molar-refractivity contribution in [2.45, 2.75) is 6.85 Å². The number of para-hydroxylation sites is 1. The Bertz CT molecular complexity index is 723. The molecule has 0 saturated heterocycles. The highest BCUT2D eigenvalue weighted by Crippen LogP contribution is 2.13. The summed E-state index contributed by atoms with van der Waals surface area (Å²) < 4.78 is 61.9. The first-order chi connectivity index (χ1) is 9.57. The average molecular weight is 246 g/mol. The molecule has 0 spiro atoms. The van der Waals surface area contributed by atoms with Crippen LogP contribution in [0.5, 0.6) is 0 Å². The van der Waals surface area contributed by atoms with Crippen molar-refractivity contribution in [2.75, 3.05) is 0 Å². The van der Waals surface area contributed by atoms with E-state index in [1.807, 2.05) is 0 Å². The zero-order chi connectivity index (χ0) is 16.1. The molecule has 2 aromatic rings. The predicted molar refractivity (Wildman–Crippen MR) is 53.8 cm³/mol. The Morgan fingerprint density at radius 1 is 1.54 bits per heavy atom. The highest BCUT2D eigenvalue weighted by Gasteiger charge is 2.01. The highest BCUT2D eigenvalue weighted by molar-refractivity contribution is 9.10. The zero-order valence-electron chi connectivity index (χ0n) is 14.2. The van der Waals surface area contributed by atoms with Gasteiger partial charge in [0.2, 0.25) is 0 Å². The summed E-state index contributed by atoms with van der Waals surface area (Å²) in [5.74, 6) is 0. The largest absolute Gasteiger partial charge is 0.219 e. The summed E-state index contributed by atoms with van der Waals surface area (Å²) in [5.41, 5.74) is -0.997. The third kappa shape index (κ3) is 1.62. The molecular weight excluding hydrogens is 230 g/mol. The van der Waals surface area contributed by atoms with Crippen LogP contribution >= 0.6 is 15.9 Å². The third-order valence-corrected chi connectivity index (χ3v) is 1.64. The summed E-state index contributed by atoms with van der Waals surface area (Å²) in [4.78, 5) is 0. The van der Waals surface area contributed by atoms with E-state index in [1.165, 1.54) is 0 Å². The molecule has 0 bridgehead atoms. The highest BCUT2D eigenvalue weighted by atomic mass is 79.9. The van der Waals surface area contributed by atoms with Gasteiger partial charge < -0.3 is 0 Å². The molecule has 13 heavy (non-hydrogen) atoms. The van der Waals surface area contributed by atoms with Crippen LogP contribution in [0.2, 0.25) is 0 Å². The molecule has 1 aromatic heterocycles. The number of aromatic nitrogens is 3. The molecule has 0 unspecified atom stereocenters. The summed E-state index contributed by atoms with van der Waals surface area (Å²) in [6, 6.07) is -2.53. The Hall–Kier alpha value is -1.16. The van der Waals surface area contributed by atoms with Crippen LogP contribution in [0.1, 0.15) is 16.5 Å². The Balaban J connectivity index is 2.97. The van der Waals surface area contributed by atoms with Crippen molar-refractivity contribution in [3.8, 4) is 5.69 Å². The van der Waals surface area contributed by atoms with E-state index in [0.29, 0.717) is 0 Å². The molecule has 0 amide bonds. The maximum atomic E-state index is 7.87. The van der Waals surface area contributed by atoms with Crippen molar-refractivity contribution in [1.82, 2.24) is 15.0 Å². The first kappa shape index (κ1) is 3.20. The summed E-state index contributed by atoms with van der Waals surface area (Å²) in [6.45, 7) is -2.80. The number of nitrogens with zero attached hydrogens (tertiary/aromatic N) is 3. The lowest BCUT2D eigenvalue weighted by Crippen LogP contribution is -1.96. The van der Waals surface area contributed by atoms with Gasteiger partial charge in [0.1, 0.15) is 4.60 Å². The topological polar surface area (TPSA) is 30.7 Å². The van der Waals surface area contributed by atoms with Crippen molar-refractivity contribution in [1.29, 1.82) is 0 Å². The predicted octanol–water partition coefficient (Wildman–Crippen LogP) is 2.34. The lowest BCUT2D eigenvalue weighted by Gasteiger charge is -2.02. The van der Waals surface area contributed by atoms with Crippen molar-refractivity contribution in [3.05, 3.63) is 40.5 Å². The summed E-state index contributed by atoms with van der Waals surface area (Å²) in [7, 11) is 0. The molecule has 0 fully saturated rings. The molecule has 2 rings (SSSR count). The molecule has 0 saturated carbocycles. The van der Waals surface area contributed by atoms with E-state index in [0.717, 1.165) is 4.68 Å². The second kappa shape index (κ2) is 3.30. The molecule has 0 aliphatic carbocycles. The Morgan fingerprint density at radius 2 is 2.38 bits per heavy atom. The van der Waals surface area contributed by atoms with Gasteiger partial charge in [0.05, 0.1) is 18.7 Å². The van der Waals surface area contributed by atoms with Crippen LogP contribution < -0.4 is 0 Å². The molecule has 3 nitrogen and oxygen atoms in total. The zero-order valence-corrected chi connectivity index (χ0v) is 7.81. The van der Waals surface area contributed by atoms with E-state index in [1.54, 1.807) is 0 Å². The number of hydrogen-bond acceptors (Lipinski definition) is 2. The first-order valence-electron chi connectivity index (χ1n) is 7.26. The van der Waals surface area contributed by atoms with Crippen LogP contribution in [0, 0.1) is 6.85 Å². The molecular formula is C9H8BrN3. The van der Waals surface area contributed by atoms with Crippen molar-refractivity contribution in [2.24, 2.45) is 0 Å². The number of halogens is 1. The van der Waals surface area contributed by atoms with Crippen LogP contribution in [0.25, 0.3) is 5.69 Å². The van der Waals surface area contributed by atoms with Crippen molar-refractivity contribution >= 4 is 15.9 Å². The first-order valence-corrected chi connectivity index (χ1v) is 4.05. The van der Waals surface area contributed by atoms with E-state index in [-0.39, 0.29) is 10.8 Å². The minimum absolute atomic E-state index is 0.0337. The van der Waals surface area contributed by atoms with Crippen LogP contribution in [-0.4, -0.2) is 15.0 Å². The van der Waals surface area contributed by atoms with E-state index < -0.39 is 42.3 Å². The van der Waals surface area contributed by atoms with Crippen LogP contribution in [0.15, 0.2) is 34.9 Å². The smallest absolute Gasteiger partial charge is 0.148 e. The fourth-order valence-corrected chi connectivity index (χ4v) is 1.02. The van der Waals surface area contributed by atoms with Gasteiger partial charge in [0, 0.05) is 4.11 Å². The van der Waals surface area contributed by atoms with Gasteiger partial charge in [-0.2, -0.15) is 0 Å². The molecule has 1 heterocycles. The summed E-state index contributed by atoms with van der Waals surface area (Å²) in [6.07, 6.45) is -0.314. The average Bonchev–Trinajstić information content (AvgIpc) is 2.70. The fourth-order valence-electron chi connectivity index (χ4n) is 0.781. The van der Waals surface area contributed by atoms with E-state index in [4.69, 9.17) is 11.0 Å². The molecule has 0 aliphatic rings. The Morgan fingerprint density at radius 3 is 3.08 bits per heavy atom. The van der Waals surface area contributed by atoms with E-state index >= 15 is 0 Å². The third-order valence-electron chi connectivity index (χ3n) is 1.30. The Labute approximate surface area is 95.8 Å². The van der Waals surface area contributed by atoms with Gasteiger partial charge in [-0.15, -0.1) is 5.10 Å². The monoisotopic (exact) mass is 245 g/mol. The van der Waals surface area contributed by atoms with Crippen LogP contribution in [0.4, 0.5) is 0 Å². The minimum atomic E-state index is -2.80. The van der Waals surface area contributed by atoms with Gasteiger partial charge in [-0.25, -0.2) is 4.68 Å². The van der Waals surface area contributed by atoms with E-state index in [9.17, 15) is 0 Å². The summed E-state index contributed by atoms with van der Waals surface area (Å²) >= 11 is 2.95. The molecule has 1 aromatic carbocycles. The number of benzene rings is 1. The molecule has 4 heteroatoms. The number of hydrogen-bond donors (Lipinski definition) is 0. The molecule has 0 aliphatic heterocycles. The van der Waals surface area contributed by atoms with Gasteiger partial charge in [0.25, 0.3) is 0 Å². The lowest BCUT2D eigenvalue weighted by atomic mass is 10.2. The quantitative estimate of drug-likeness (QED) is 0.773. The summed E-state index contributed by atoms with van der Waals surface area (Å²) in [5, 5.41) is 7.11. The molecule has 66 valence electrons. The Kier molecular flexibility index (Phi) is 0.813. The molecule has 0 radical (unpaired) electrons. The van der Waals surface area contributed by atoms with Gasteiger partial charge in [0.15, 0.2) is 0 Å². The van der Waals surface area contributed by atoms with Crippen LogP contribution in [0.3, 0.4) is 0 Å². The molecule has 0 N–H and O–H groups in total. The maximum Gasteiger partial charge on any atom is 0.148 e. The second-order valence-electron chi connectivity index (χ2n) is 2.13. The van der Waals surface area contributed by atoms with Crippen molar-refractivity contribution in [3.63, 3.8) is 0 Å². The van der Waals surface area contributed by atoms with E-state index in [2.05, 4.69) is 26.2 Å². The van der Waals surface area contributed by atoms with Crippen molar-refractivity contribution < 1.29 is 11.0 Å². The standard InChI is InChI=1S/C9H8BrN3/c1-7-4-2-3-5-8(7)13-6-9(10)11-12-13/h2-6H,1H3/i1D3,2D,3D,4D,5D,6D. The van der Waals surface area contributed by atoms with Gasteiger partial charge >= 0.3 is 0 Å². The number of rotatable bonds is 1. The van der Waals surface area contributed by atoms with Gasteiger partial charge in [-0.05, 0) is 34.4 Å².